The van der Waals surface area contributed by atoms with Gasteiger partial charge in [-0.3, -0.25) is 4.90 Å². The lowest BCUT2D eigenvalue weighted by Crippen LogP contribution is -2.35. The highest BCUT2D eigenvalue weighted by atomic mass is 16.5. The first-order chi connectivity index (χ1) is 10.2. The molecular formula is C17H27N3O. The van der Waals surface area contributed by atoms with Gasteiger partial charge in [0.1, 0.15) is 11.9 Å². The van der Waals surface area contributed by atoms with Crippen LogP contribution in [0, 0.1) is 0 Å². The van der Waals surface area contributed by atoms with E-state index in [9.17, 15) is 0 Å². The Balaban J connectivity index is 1.78. The van der Waals surface area contributed by atoms with Gasteiger partial charge in [0.05, 0.1) is 0 Å². The van der Waals surface area contributed by atoms with Crippen LogP contribution < -0.4 is 10.5 Å². The van der Waals surface area contributed by atoms with E-state index in [4.69, 9.17) is 10.5 Å². The Bertz CT molecular complexity index is 483. The van der Waals surface area contributed by atoms with Gasteiger partial charge in [0.2, 0.25) is 0 Å². The van der Waals surface area contributed by atoms with Gasteiger partial charge in [-0.25, -0.2) is 0 Å². The summed E-state index contributed by atoms with van der Waals surface area (Å²) in [4.78, 5) is 4.81. The zero-order chi connectivity index (χ0) is 14.8. The predicted molar refractivity (Wildman–Crippen MR) is 85.5 cm³/mol. The first-order valence-electron chi connectivity index (χ1n) is 8.14. The van der Waals surface area contributed by atoms with Crippen molar-refractivity contribution in [3.63, 3.8) is 0 Å². The molecule has 2 heterocycles. The molecule has 0 aliphatic carbocycles. The topological polar surface area (TPSA) is 41.7 Å². The number of nitrogens with two attached hydrogens (primary N) is 1. The number of nitrogens with zero attached hydrogens (tertiary/aromatic N) is 2. The maximum Gasteiger partial charge on any atom is 0.124 e. The van der Waals surface area contributed by atoms with E-state index < -0.39 is 0 Å². The van der Waals surface area contributed by atoms with E-state index in [1.165, 1.54) is 11.1 Å². The fourth-order valence-electron chi connectivity index (χ4n) is 3.57. The third kappa shape index (κ3) is 2.93. The zero-order valence-electron chi connectivity index (χ0n) is 13.2. The van der Waals surface area contributed by atoms with Gasteiger partial charge in [0, 0.05) is 37.8 Å². The van der Waals surface area contributed by atoms with Crippen molar-refractivity contribution in [3.05, 3.63) is 29.3 Å². The first kappa shape index (κ1) is 14.8. The fourth-order valence-corrected chi connectivity index (χ4v) is 3.57. The molecule has 1 unspecified atom stereocenters. The summed E-state index contributed by atoms with van der Waals surface area (Å²) in [5, 5.41) is 0. The van der Waals surface area contributed by atoms with Crippen LogP contribution >= 0.6 is 0 Å². The summed E-state index contributed by atoms with van der Waals surface area (Å²) < 4.78 is 6.34. The summed E-state index contributed by atoms with van der Waals surface area (Å²) in [6, 6.07) is 6.81. The van der Waals surface area contributed by atoms with Crippen LogP contribution in [0.2, 0.25) is 0 Å². The molecule has 1 saturated heterocycles. The van der Waals surface area contributed by atoms with E-state index in [1.807, 2.05) is 0 Å². The fraction of sp³-hybridized carbons (Fsp3) is 0.647. The molecule has 0 radical (unpaired) electrons. The second-order valence-corrected chi connectivity index (χ2v) is 6.26. The number of likely N-dealkylation sites (N-methyl/N-ethyl adjacent to an activating group) is 1. The second-order valence-electron chi connectivity index (χ2n) is 6.26. The second kappa shape index (κ2) is 6.34. The predicted octanol–water partition coefficient (Wildman–Crippen LogP) is 1.99. The van der Waals surface area contributed by atoms with Crippen LogP contribution in [0.4, 0.5) is 0 Å². The molecule has 0 bridgehead atoms. The minimum absolute atomic E-state index is 0.353. The van der Waals surface area contributed by atoms with Crippen molar-refractivity contribution in [3.8, 4) is 5.75 Å². The maximum atomic E-state index is 6.34. The summed E-state index contributed by atoms with van der Waals surface area (Å²) in [7, 11) is 2.18. The van der Waals surface area contributed by atoms with Crippen LogP contribution in [0.15, 0.2) is 18.2 Å². The van der Waals surface area contributed by atoms with Gasteiger partial charge in [-0.05, 0) is 38.1 Å². The van der Waals surface area contributed by atoms with Crippen molar-refractivity contribution >= 4 is 0 Å². The van der Waals surface area contributed by atoms with E-state index >= 15 is 0 Å². The Hall–Kier alpha value is -1.10. The molecule has 116 valence electrons. The third-order valence-corrected chi connectivity index (χ3v) is 4.92. The third-order valence-electron chi connectivity index (χ3n) is 4.92. The number of hydrogen-bond donors (Lipinski definition) is 1. The molecule has 4 nitrogen and oxygen atoms in total. The molecule has 0 saturated carbocycles. The van der Waals surface area contributed by atoms with E-state index in [1.54, 1.807) is 0 Å². The lowest BCUT2D eigenvalue weighted by molar-refractivity contribution is 0.113. The van der Waals surface area contributed by atoms with E-state index in [-0.39, 0.29) is 0 Å². The van der Waals surface area contributed by atoms with Crippen LogP contribution in [-0.4, -0.2) is 49.1 Å². The Kier molecular flexibility index (Phi) is 4.48. The number of ether oxygens (including phenoxy) is 1. The average Bonchev–Trinajstić information content (AvgIpc) is 2.88. The van der Waals surface area contributed by atoms with E-state index in [0.717, 1.165) is 44.8 Å². The highest BCUT2D eigenvalue weighted by molar-refractivity contribution is 5.45. The quantitative estimate of drug-likeness (QED) is 0.920. The highest BCUT2D eigenvalue weighted by Gasteiger charge is 2.31. The minimum Gasteiger partial charge on any atom is -0.490 e. The van der Waals surface area contributed by atoms with Crippen molar-refractivity contribution in [2.45, 2.75) is 38.5 Å². The van der Waals surface area contributed by atoms with Gasteiger partial charge < -0.3 is 15.4 Å². The molecular weight excluding hydrogens is 262 g/mol. The molecule has 0 spiro atoms. The summed E-state index contributed by atoms with van der Waals surface area (Å²) in [6.45, 7) is 7.14. The summed E-state index contributed by atoms with van der Waals surface area (Å²) in [5.41, 5.74) is 8.70. The molecule has 0 amide bonds. The van der Waals surface area contributed by atoms with Gasteiger partial charge >= 0.3 is 0 Å². The lowest BCUT2D eigenvalue weighted by atomic mass is 10.0. The summed E-state index contributed by atoms with van der Waals surface area (Å²) >= 11 is 0. The molecule has 3 rings (SSSR count). The number of likely N-dealkylation sites (tertiary alicyclic amines) is 1. The standard InChI is InChI=1S/C17H27N3O/c1-3-20-12-15-14(16(20)11-18)5-4-6-17(15)21-13-7-9-19(2)10-8-13/h4-6,13,16H,3,7-12,18H2,1-2H3. The molecule has 2 aliphatic heterocycles. The Morgan fingerprint density at radius 3 is 2.71 bits per heavy atom. The van der Waals surface area contributed by atoms with Crippen LogP contribution in [-0.2, 0) is 6.54 Å². The molecule has 2 N–H and O–H groups in total. The van der Waals surface area contributed by atoms with E-state index in [2.05, 4.69) is 42.0 Å². The molecule has 1 fully saturated rings. The van der Waals surface area contributed by atoms with Crippen molar-refractivity contribution in [1.82, 2.24) is 9.80 Å². The van der Waals surface area contributed by atoms with Crippen molar-refractivity contribution in [1.29, 1.82) is 0 Å². The smallest absolute Gasteiger partial charge is 0.124 e. The van der Waals surface area contributed by atoms with Gasteiger partial charge in [0.25, 0.3) is 0 Å². The highest BCUT2D eigenvalue weighted by Crippen LogP contribution is 2.38. The van der Waals surface area contributed by atoms with Crippen molar-refractivity contribution in [2.75, 3.05) is 33.2 Å². The summed E-state index contributed by atoms with van der Waals surface area (Å²) in [6.07, 6.45) is 2.61. The molecule has 4 heteroatoms. The van der Waals surface area contributed by atoms with Gasteiger partial charge in [-0.1, -0.05) is 19.1 Å². The van der Waals surface area contributed by atoms with Gasteiger partial charge in [0.15, 0.2) is 0 Å². The number of fused-ring (bicyclic) bond motifs is 1. The minimum atomic E-state index is 0.353. The molecule has 0 aromatic heterocycles. The number of rotatable bonds is 4. The van der Waals surface area contributed by atoms with Crippen LogP contribution in [0.3, 0.4) is 0 Å². The number of piperidine rings is 1. The van der Waals surface area contributed by atoms with Crippen LogP contribution in [0.1, 0.15) is 36.9 Å². The van der Waals surface area contributed by atoms with Crippen LogP contribution in [0.5, 0.6) is 5.75 Å². The first-order valence-corrected chi connectivity index (χ1v) is 8.14. The van der Waals surface area contributed by atoms with Crippen molar-refractivity contribution in [2.24, 2.45) is 5.73 Å². The van der Waals surface area contributed by atoms with Gasteiger partial charge in [-0.15, -0.1) is 0 Å². The Labute approximate surface area is 127 Å². The molecule has 1 atom stereocenters. The maximum absolute atomic E-state index is 6.34. The lowest BCUT2D eigenvalue weighted by Gasteiger charge is -2.29. The Morgan fingerprint density at radius 1 is 1.29 bits per heavy atom. The number of hydrogen-bond acceptors (Lipinski definition) is 4. The van der Waals surface area contributed by atoms with Crippen LogP contribution in [0.25, 0.3) is 0 Å². The normalized spacial score (nSPS) is 24.2. The molecule has 1 aromatic rings. The number of benzene rings is 1. The van der Waals surface area contributed by atoms with Gasteiger partial charge in [-0.2, -0.15) is 0 Å². The monoisotopic (exact) mass is 289 g/mol. The molecule has 2 aliphatic rings. The van der Waals surface area contributed by atoms with Crippen molar-refractivity contribution < 1.29 is 4.74 Å². The average molecular weight is 289 g/mol. The molecule has 1 aromatic carbocycles. The molecule has 21 heavy (non-hydrogen) atoms. The largest absolute Gasteiger partial charge is 0.490 e. The summed E-state index contributed by atoms with van der Waals surface area (Å²) in [5.74, 6) is 1.08. The Morgan fingerprint density at radius 2 is 2.05 bits per heavy atom. The zero-order valence-corrected chi connectivity index (χ0v) is 13.2. The van der Waals surface area contributed by atoms with E-state index in [0.29, 0.717) is 18.7 Å². The SMILES string of the molecule is CCN1Cc2c(OC3CCN(C)CC3)cccc2C1CN.